The summed E-state index contributed by atoms with van der Waals surface area (Å²) in [7, 11) is -6.51. The zero-order valence-corrected chi connectivity index (χ0v) is 35.4. The molecule has 0 aromatic carbocycles. The second-order valence-electron chi connectivity index (χ2n) is 15.6. The molecule has 0 aliphatic carbocycles. The van der Waals surface area contributed by atoms with Crippen LogP contribution in [0.1, 0.15) is 125 Å². The molecule has 0 saturated carbocycles. The Morgan fingerprint density at radius 3 is 1.20 bits per heavy atom. The molecule has 0 fully saturated rings. The maximum atomic E-state index is 7.67. The summed E-state index contributed by atoms with van der Waals surface area (Å²) < 4.78 is 30.1. The zero-order chi connectivity index (χ0) is 32.2. The van der Waals surface area contributed by atoms with Gasteiger partial charge < -0.3 is 18.0 Å². The predicted octanol–water partition coefficient (Wildman–Crippen LogP) is 12.0. The number of rotatable bonds is 16. The van der Waals surface area contributed by atoms with Crippen molar-refractivity contribution in [1.82, 2.24) is 0 Å². The molecular formula is C33H69IO4Si3. The first kappa shape index (κ1) is 39.8. The fourth-order valence-electron chi connectivity index (χ4n) is 9.07. The van der Waals surface area contributed by atoms with E-state index in [4.69, 9.17) is 18.0 Å². The molecule has 8 heteroatoms. The molecule has 0 spiro atoms. The molecule has 1 rings (SSSR count). The molecule has 0 radical (unpaired) electrons. The summed E-state index contributed by atoms with van der Waals surface area (Å²) in [5.41, 5.74) is 4.49. The van der Waals surface area contributed by atoms with Gasteiger partial charge in [-0.05, 0) is 78.5 Å². The summed E-state index contributed by atoms with van der Waals surface area (Å²) >= 11 is 2.36. The van der Waals surface area contributed by atoms with Crippen LogP contribution in [0.25, 0.3) is 0 Å². The van der Waals surface area contributed by atoms with E-state index in [0.717, 1.165) is 3.77 Å². The fourth-order valence-corrected chi connectivity index (χ4v) is 26.3. The fraction of sp³-hybridized carbons (Fsp3) is 0.939. The molecule has 1 aliphatic heterocycles. The summed E-state index contributed by atoms with van der Waals surface area (Å²) in [6.45, 7) is 43.2. The molecule has 1 aliphatic rings. The van der Waals surface area contributed by atoms with Gasteiger partial charge in [0.1, 0.15) is 12.2 Å². The van der Waals surface area contributed by atoms with Gasteiger partial charge in [-0.25, -0.2) is 0 Å². The first-order valence-electron chi connectivity index (χ1n) is 16.7. The summed E-state index contributed by atoms with van der Waals surface area (Å²) in [4.78, 5) is 0. The number of hydrogen-bond donors (Lipinski definition) is 0. The van der Waals surface area contributed by atoms with Crippen molar-refractivity contribution in [3.63, 3.8) is 0 Å². The maximum absolute atomic E-state index is 7.67. The molecule has 0 N–H and O–H groups in total. The van der Waals surface area contributed by atoms with Gasteiger partial charge in [-0.2, -0.15) is 0 Å². The summed E-state index contributed by atoms with van der Waals surface area (Å²) in [6.07, 6.45) is 1.71. The largest absolute Gasteiger partial charge is 0.480 e. The number of hydrogen-bond acceptors (Lipinski definition) is 4. The lowest BCUT2D eigenvalue weighted by molar-refractivity contribution is -0.0722. The van der Waals surface area contributed by atoms with E-state index in [-0.39, 0.29) is 18.3 Å². The van der Waals surface area contributed by atoms with Gasteiger partial charge in [0.2, 0.25) is 25.0 Å². The Kier molecular flexibility index (Phi) is 15.4. The third-order valence-corrected chi connectivity index (χ3v) is 29.4. The average Bonchev–Trinajstić information content (AvgIpc) is 2.79. The van der Waals surface area contributed by atoms with Gasteiger partial charge in [0.05, 0.1) is 12.7 Å². The summed E-state index contributed by atoms with van der Waals surface area (Å²) in [6, 6.07) is 0. The molecular weight excluding hydrogens is 672 g/mol. The normalized spacial score (nSPS) is 21.6. The molecule has 244 valence electrons. The van der Waals surface area contributed by atoms with Crippen molar-refractivity contribution >= 4 is 47.5 Å². The van der Waals surface area contributed by atoms with Crippen molar-refractivity contribution in [2.75, 3.05) is 6.61 Å². The minimum absolute atomic E-state index is 0.139. The van der Waals surface area contributed by atoms with Crippen molar-refractivity contribution in [2.24, 2.45) is 0 Å². The first-order valence-corrected chi connectivity index (χ1v) is 24.2. The zero-order valence-electron chi connectivity index (χ0n) is 30.2. The highest BCUT2D eigenvalue weighted by Crippen LogP contribution is 2.49. The Balaban J connectivity index is 3.82. The standard InChI is InChI=1S/C33H69IO4Si3/c1-21(2)39(22(3)4,23(5)6)35-20-31-33(38-41(27(13)14,28(15)16)29(17)18)30(19-32(34)36-31)37-40(24(7)8,25(9)10)26(11)12/h19,21-31,33H,20H2,1-18H3/t30-,31-,33+/m1/s1. The van der Waals surface area contributed by atoms with Crippen LogP contribution in [0.2, 0.25) is 49.9 Å². The van der Waals surface area contributed by atoms with Gasteiger partial charge in [0.15, 0.2) is 3.77 Å². The Morgan fingerprint density at radius 1 is 0.561 bits per heavy atom. The van der Waals surface area contributed by atoms with E-state index in [2.05, 4.69) is 153 Å². The van der Waals surface area contributed by atoms with Crippen LogP contribution in [0.3, 0.4) is 0 Å². The highest BCUT2D eigenvalue weighted by Gasteiger charge is 2.54. The quantitative estimate of drug-likeness (QED) is 0.117. The second kappa shape index (κ2) is 15.9. The van der Waals surface area contributed by atoms with Gasteiger partial charge >= 0.3 is 0 Å². The lowest BCUT2D eigenvalue weighted by Gasteiger charge is -2.52. The molecule has 3 atom stereocenters. The van der Waals surface area contributed by atoms with Gasteiger partial charge in [-0.3, -0.25) is 0 Å². The molecule has 4 nitrogen and oxygen atoms in total. The van der Waals surface area contributed by atoms with Crippen LogP contribution in [0.5, 0.6) is 0 Å². The van der Waals surface area contributed by atoms with Crippen molar-refractivity contribution < 1.29 is 18.0 Å². The third-order valence-electron chi connectivity index (χ3n) is 10.5. The maximum Gasteiger partial charge on any atom is 0.201 e. The lowest BCUT2D eigenvalue weighted by atomic mass is 10.1. The van der Waals surface area contributed by atoms with Crippen LogP contribution in [0, 0.1) is 0 Å². The topological polar surface area (TPSA) is 36.9 Å². The highest BCUT2D eigenvalue weighted by atomic mass is 127. The van der Waals surface area contributed by atoms with Crippen molar-refractivity contribution in [3.05, 3.63) is 9.84 Å². The van der Waals surface area contributed by atoms with Gasteiger partial charge in [-0.15, -0.1) is 0 Å². The molecule has 0 bridgehead atoms. The predicted molar refractivity (Wildman–Crippen MR) is 196 cm³/mol. The van der Waals surface area contributed by atoms with Gasteiger partial charge in [-0.1, -0.05) is 125 Å². The molecule has 41 heavy (non-hydrogen) atoms. The van der Waals surface area contributed by atoms with Crippen molar-refractivity contribution in [2.45, 2.75) is 193 Å². The van der Waals surface area contributed by atoms with E-state index in [1.807, 2.05) is 0 Å². The molecule has 0 amide bonds. The van der Waals surface area contributed by atoms with Gasteiger partial charge in [0.25, 0.3) is 0 Å². The monoisotopic (exact) mass is 740 g/mol. The van der Waals surface area contributed by atoms with Crippen LogP contribution >= 0.6 is 22.6 Å². The van der Waals surface area contributed by atoms with Crippen LogP contribution in [-0.4, -0.2) is 49.9 Å². The Morgan fingerprint density at radius 2 is 0.878 bits per heavy atom. The highest BCUT2D eigenvalue weighted by molar-refractivity contribution is 14.1. The minimum Gasteiger partial charge on any atom is -0.480 e. The van der Waals surface area contributed by atoms with Crippen LogP contribution < -0.4 is 0 Å². The molecule has 0 unspecified atom stereocenters. The summed E-state index contributed by atoms with van der Waals surface area (Å²) in [5, 5.41) is 0. The van der Waals surface area contributed by atoms with E-state index >= 15 is 0 Å². The smallest absolute Gasteiger partial charge is 0.201 e. The third kappa shape index (κ3) is 8.15. The van der Waals surface area contributed by atoms with Crippen molar-refractivity contribution in [3.8, 4) is 0 Å². The van der Waals surface area contributed by atoms with Crippen LogP contribution in [0.4, 0.5) is 0 Å². The SMILES string of the molecule is CC(C)[Si](OC[C@H]1OC(I)=C[C@@H](O[Si](C(C)C)(C(C)C)C(C)C)[C@@H]1O[Si](C(C)C)(C(C)C)C(C)C)(C(C)C)C(C)C. The number of halogens is 1. The van der Waals surface area contributed by atoms with Crippen molar-refractivity contribution in [1.29, 1.82) is 0 Å². The first-order chi connectivity index (χ1) is 18.7. The van der Waals surface area contributed by atoms with E-state index < -0.39 is 25.0 Å². The van der Waals surface area contributed by atoms with E-state index in [0.29, 0.717) is 56.5 Å². The van der Waals surface area contributed by atoms with E-state index in [1.54, 1.807) is 0 Å². The van der Waals surface area contributed by atoms with Crippen LogP contribution in [-0.2, 0) is 18.0 Å². The van der Waals surface area contributed by atoms with Gasteiger partial charge in [0, 0.05) is 0 Å². The molecule has 0 saturated heterocycles. The molecule has 1 heterocycles. The van der Waals surface area contributed by atoms with E-state index in [9.17, 15) is 0 Å². The Labute approximate surface area is 273 Å². The lowest BCUT2D eigenvalue weighted by Crippen LogP contribution is -2.61. The Bertz CT molecular complexity index is 758. The van der Waals surface area contributed by atoms with Crippen LogP contribution in [0.15, 0.2) is 9.84 Å². The minimum atomic E-state index is -2.24. The summed E-state index contributed by atoms with van der Waals surface area (Å²) in [5.74, 6) is 0. The average molecular weight is 741 g/mol. The number of ether oxygens (including phenoxy) is 1. The molecule has 0 aromatic heterocycles. The molecule has 0 aromatic rings. The second-order valence-corrected chi connectivity index (χ2v) is 32.9. The van der Waals surface area contributed by atoms with E-state index in [1.165, 1.54) is 0 Å². The Hall–Kier alpha value is 0.801.